The maximum Gasteiger partial charge on any atom is 0.156 e. The molecule has 0 bridgehead atoms. The molecule has 0 amide bonds. The molecule has 1 unspecified atom stereocenters. The topological polar surface area (TPSA) is 37.3 Å². The quantitative estimate of drug-likeness (QED) is 0.567. The van der Waals surface area contributed by atoms with Crippen molar-refractivity contribution < 1.29 is 9.90 Å². The third-order valence-corrected chi connectivity index (χ3v) is 2.60. The predicted molar refractivity (Wildman–Crippen MR) is 60.2 cm³/mol. The van der Waals surface area contributed by atoms with Crippen molar-refractivity contribution in [1.82, 2.24) is 0 Å². The van der Waals surface area contributed by atoms with Crippen molar-refractivity contribution in [1.29, 1.82) is 0 Å². The van der Waals surface area contributed by atoms with Gasteiger partial charge < -0.3 is 5.11 Å². The highest BCUT2D eigenvalue weighted by Crippen LogP contribution is 2.21. The Labute approximate surface area is 91.4 Å². The number of hydrogen-bond acceptors (Lipinski definition) is 2. The number of rotatable bonds is 3. The molecule has 15 heavy (non-hydrogen) atoms. The van der Waals surface area contributed by atoms with Crippen LogP contribution in [0.15, 0.2) is 11.6 Å². The maximum absolute atomic E-state index is 11.2. The van der Waals surface area contributed by atoms with E-state index < -0.39 is 0 Å². The van der Waals surface area contributed by atoms with Gasteiger partial charge in [-0.1, -0.05) is 25.2 Å². The van der Waals surface area contributed by atoms with Gasteiger partial charge in [0.1, 0.15) is 0 Å². The fourth-order valence-electron chi connectivity index (χ4n) is 1.59. The smallest absolute Gasteiger partial charge is 0.156 e. The number of aliphatic hydroxyl groups excluding tert-OH is 1. The molecule has 0 saturated heterocycles. The molecule has 1 N–H and O–H groups in total. The van der Waals surface area contributed by atoms with Gasteiger partial charge in [0.15, 0.2) is 5.78 Å². The molecule has 0 saturated carbocycles. The first-order valence-electron chi connectivity index (χ1n) is 5.62. The number of carbonyl (C=O) groups is 1. The molecule has 2 nitrogen and oxygen atoms in total. The summed E-state index contributed by atoms with van der Waals surface area (Å²) in [5.74, 6) is 6.30. The zero-order valence-corrected chi connectivity index (χ0v) is 9.25. The molecule has 0 aromatic rings. The normalized spacial score (nSPS) is 20.5. The van der Waals surface area contributed by atoms with E-state index in [-0.39, 0.29) is 18.3 Å². The van der Waals surface area contributed by atoms with Crippen LogP contribution < -0.4 is 0 Å². The van der Waals surface area contributed by atoms with Gasteiger partial charge in [-0.25, -0.2) is 0 Å². The summed E-state index contributed by atoms with van der Waals surface area (Å²) in [4.78, 5) is 11.2. The minimum atomic E-state index is 0.0804. The number of allylic oxidation sites excluding steroid dienone is 1. The van der Waals surface area contributed by atoms with Crippen molar-refractivity contribution in [3.05, 3.63) is 11.6 Å². The van der Waals surface area contributed by atoms with Gasteiger partial charge in [-0.05, 0) is 18.9 Å². The lowest BCUT2D eigenvalue weighted by Gasteiger charge is -2.17. The molecule has 1 atom stereocenters. The van der Waals surface area contributed by atoms with Crippen LogP contribution in [0.3, 0.4) is 0 Å². The molecule has 0 heterocycles. The first-order valence-corrected chi connectivity index (χ1v) is 5.62. The van der Waals surface area contributed by atoms with Crippen molar-refractivity contribution in [2.45, 2.75) is 39.0 Å². The molecular formula is C13H18O2. The van der Waals surface area contributed by atoms with Gasteiger partial charge in [-0.15, -0.1) is 0 Å². The van der Waals surface area contributed by atoms with E-state index in [1.165, 1.54) is 0 Å². The number of carbonyl (C=O) groups excluding carboxylic acids is 1. The molecule has 0 aromatic heterocycles. The Hall–Kier alpha value is -1.07. The minimum absolute atomic E-state index is 0.0804. The lowest BCUT2D eigenvalue weighted by molar-refractivity contribution is -0.115. The maximum atomic E-state index is 11.2. The van der Waals surface area contributed by atoms with Crippen LogP contribution in [0, 0.1) is 17.8 Å². The van der Waals surface area contributed by atoms with Crippen molar-refractivity contribution in [3.63, 3.8) is 0 Å². The Bertz CT molecular complexity index is 304. The Kier molecular flexibility index (Phi) is 5.14. The largest absolute Gasteiger partial charge is 0.396 e. The Morgan fingerprint density at radius 3 is 3.07 bits per heavy atom. The number of ketones is 1. The summed E-state index contributed by atoms with van der Waals surface area (Å²) < 4.78 is 0. The molecule has 0 fully saturated rings. The zero-order valence-electron chi connectivity index (χ0n) is 9.25. The molecule has 0 radical (unpaired) electrons. The number of unbranched alkanes of at least 4 members (excludes halogenated alkanes) is 2. The summed E-state index contributed by atoms with van der Waals surface area (Å²) in [6, 6.07) is 0. The molecule has 0 aliphatic heterocycles. The summed E-state index contributed by atoms with van der Waals surface area (Å²) >= 11 is 0. The SMILES string of the molecule is CCCCC#CC1=CC(=O)CCC1CO. The van der Waals surface area contributed by atoms with Gasteiger partial charge >= 0.3 is 0 Å². The molecule has 82 valence electrons. The van der Waals surface area contributed by atoms with E-state index in [0.29, 0.717) is 6.42 Å². The van der Waals surface area contributed by atoms with Crippen molar-refractivity contribution in [2.24, 2.45) is 5.92 Å². The Morgan fingerprint density at radius 2 is 2.40 bits per heavy atom. The van der Waals surface area contributed by atoms with Crippen molar-refractivity contribution >= 4 is 5.78 Å². The summed E-state index contributed by atoms with van der Waals surface area (Å²) in [5, 5.41) is 9.13. The van der Waals surface area contributed by atoms with Gasteiger partial charge in [-0.3, -0.25) is 4.79 Å². The average molecular weight is 206 g/mol. The monoisotopic (exact) mass is 206 g/mol. The van der Waals surface area contributed by atoms with Gasteiger partial charge in [0.2, 0.25) is 0 Å². The predicted octanol–water partition coefficient (Wildman–Crippen LogP) is 2.08. The average Bonchev–Trinajstić information content (AvgIpc) is 2.25. The minimum Gasteiger partial charge on any atom is -0.396 e. The molecular weight excluding hydrogens is 188 g/mol. The third-order valence-electron chi connectivity index (χ3n) is 2.60. The third kappa shape index (κ3) is 3.89. The lowest BCUT2D eigenvalue weighted by Crippen LogP contribution is -2.16. The van der Waals surface area contributed by atoms with E-state index >= 15 is 0 Å². The second-order valence-electron chi connectivity index (χ2n) is 3.89. The highest BCUT2D eigenvalue weighted by atomic mass is 16.3. The van der Waals surface area contributed by atoms with E-state index in [4.69, 9.17) is 5.11 Å². The van der Waals surface area contributed by atoms with Crippen LogP contribution in [-0.4, -0.2) is 17.5 Å². The Balaban J connectivity index is 2.61. The van der Waals surface area contributed by atoms with E-state index in [2.05, 4.69) is 18.8 Å². The molecule has 0 aromatic carbocycles. The van der Waals surface area contributed by atoms with Gasteiger partial charge in [0.25, 0.3) is 0 Å². The van der Waals surface area contributed by atoms with E-state index in [0.717, 1.165) is 31.3 Å². The second kappa shape index (κ2) is 6.42. The van der Waals surface area contributed by atoms with Crippen LogP contribution in [0.25, 0.3) is 0 Å². The van der Waals surface area contributed by atoms with E-state index in [9.17, 15) is 4.79 Å². The fraction of sp³-hybridized carbons (Fsp3) is 0.615. The highest BCUT2D eigenvalue weighted by Gasteiger charge is 2.19. The van der Waals surface area contributed by atoms with E-state index in [1.807, 2.05) is 0 Å². The van der Waals surface area contributed by atoms with E-state index in [1.54, 1.807) is 6.08 Å². The summed E-state index contributed by atoms with van der Waals surface area (Å²) in [6.07, 6.45) is 5.99. The number of aliphatic hydroxyl groups is 1. The summed E-state index contributed by atoms with van der Waals surface area (Å²) in [6.45, 7) is 2.23. The summed E-state index contributed by atoms with van der Waals surface area (Å²) in [5.41, 5.74) is 0.824. The van der Waals surface area contributed by atoms with Gasteiger partial charge in [0.05, 0.1) is 6.61 Å². The van der Waals surface area contributed by atoms with Gasteiger partial charge in [-0.2, -0.15) is 0 Å². The molecule has 2 heteroatoms. The van der Waals surface area contributed by atoms with Crippen LogP contribution in [0.1, 0.15) is 39.0 Å². The summed E-state index contributed by atoms with van der Waals surface area (Å²) in [7, 11) is 0. The molecule has 1 aliphatic carbocycles. The van der Waals surface area contributed by atoms with Crippen LogP contribution >= 0.6 is 0 Å². The highest BCUT2D eigenvalue weighted by molar-refractivity contribution is 5.92. The van der Waals surface area contributed by atoms with Crippen LogP contribution in [0.4, 0.5) is 0 Å². The van der Waals surface area contributed by atoms with Crippen LogP contribution in [0.5, 0.6) is 0 Å². The van der Waals surface area contributed by atoms with Gasteiger partial charge in [0, 0.05) is 24.3 Å². The van der Waals surface area contributed by atoms with Crippen molar-refractivity contribution in [3.8, 4) is 11.8 Å². The van der Waals surface area contributed by atoms with Crippen molar-refractivity contribution in [2.75, 3.05) is 6.61 Å². The molecule has 1 aliphatic rings. The zero-order chi connectivity index (χ0) is 11.1. The first-order chi connectivity index (χ1) is 7.27. The number of hydrogen-bond donors (Lipinski definition) is 1. The standard InChI is InChI=1S/C13H18O2/c1-2-3-4-5-6-11-9-13(15)8-7-12(11)10-14/h9,12,14H,2-4,7-8,10H2,1H3. The molecule has 0 spiro atoms. The first kappa shape index (κ1) is 12.0. The van der Waals surface area contributed by atoms with Crippen LogP contribution in [-0.2, 0) is 4.79 Å². The lowest BCUT2D eigenvalue weighted by atomic mass is 9.88. The van der Waals surface area contributed by atoms with Crippen LogP contribution in [0.2, 0.25) is 0 Å². The Morgan fingerprint density at radius 1 is 1.60 bits per heavy atom. The second-order valence-corrected chi connectivity index (χ2v) is 3.89. The molecule has 1 rings (SSSR count). The fourth-order valence-corrected chi connectivity index (χ4v) is 1.59.